The van der Waals surface area contributed by atoms with Crippen LogP contribution in [0, 0.1) is 5.82 Å². The molecule has 2 aromatic carbocycles. The van der Waals surface area contributed by atoms with Gasteiger partial charge >= 0.3 is 0 Å². The summed E-state index contributed by atoms with van der Waals surface area (Å²) in [5.41, 5.74) is 3.33. The van der Waals surface area contributed by atoms with Crippen LogP contribution in [0.5, 0.6) is 0 Å². The average molecular weight is 380 g/mol. The van der Waals surface area contributed by atoms with E-state index in [0.29, 0.717) is 23.6 Å². The molecular weight excluding hydrogens is 359 g/mol. The van der Waals surface area contributed by atoms with Gasteiger partial charge in [-0.1, -0.05) is 23.4 Å². The quantitative estimate of drug-likeness (QED) is 0.709. The molecule has 2 N–H and O–H groups in total. The van der Waals surface area contributed by atoms with E-state index in [4.69, 9.17) is 4.52 Å². The van der Waals surface area contributed by atoms with Gasteiger partial charge in [-0.3, -0.25) is 9.69 Å². The lowest BCUT2D eigenvalue weighted by Crippen LogP contribution is -2.30. The summed E-state index contributed by atoms with van der Waals surface area (Å²) >= 11 is 0. The Hall–Kier alpha value is -3.19. The predicted octanol–water partition coefficient (Wildman–Crippen LogP) is 3.48. The SMILES string of the molecule is CNC(=O)c1cccc(CN2CCc3onc(Nc4cccc(F)c4)c3C2)c1. The molecule has 4 rings (SSSR count). The normalized spacial score (nSPS) is 13.8. The molecule has 0 bridgehead atoms. The van der Waals surface area contributed by atoms with Crippen LogP contribution in [0.4, 0.5) is 15.9 Å². The van der Waals surface area contributed by atoms with Gasteiger partial charge in [0.2, 0.25) is 0 Å². The standard InChI is InChI=1S/C21H21FN4O2/c1-23-21(27)15-5-2-4-14(10-15)12-26-9-8-19-18(13-26)20(25-28-19)24-17-7-3-6-16(22)11-17/h2-7,10-11H,8-9,12-13H2,1H3,(H,23,27)(H,24,25). The van der Waals surface area contributed by atoms with Gasteiger partial charge in [-0.15, -0.1) is 0 Å². The molecule has 1 aliphatic heterocycles. The zero-order valence-electron chi connectivity index (χ0n) is 15.5. The minimum Gasteiger partial charge on any atom is -0.359 e. The Morgan fingerprint density at radius 1 is 1.25 bits per heavy atom. The molecule has 7 heteroatoms. The summed E-state index contributed by atoms with van der Waals surface area (Å²) in [6, 6.07) is 13.9. The molecule has 144 valence electrons. The molecule has 3 aromatic rings. The fourth-order valence-electron chi connectivity index (χ4n) is 3.41. The molecule has 2 heterocycles. The fourth-order valence-corrected chi connectivity index (χ4v) is 3.41. The third-order valence-corrected chi connectivity index (χ3v) is 4.82. The summed E-state index contributed by atoms with van der Waals surface area (Å²) in [5, 5.41) is 9.92. The highest BCUT2D eigenvalue weighted by Crippen LogP contribution is 2.29. The number of fused-ring (bicyclic) bond motifs is 1. The highest BCUT2D eigenvalue weighted by molar-refractivity contribution is 5.94. The Balaban J connectivity index is 1.49. The van der Waals surface area contributed by atoms with Crippen LogP contribution in [0.1, 0.15) is 27.2 Å². The number of nitrogens with zero attached hydrogens (tertiary/aromatic N) is 2. The van der Waals surface area contributed by atoms with Gasteiger partial charge in [0.15, 0.2) is 5.82 Å². The molecule has 0 spiro atoms. The summed E-state index contributed by atoms with van der Waals surface area (Å²) in [6.07, 6.45) is 0.752. The maximum absolute atomic E-state index is 13.4. The van der Waals surface area contributed by atoms with Gasteiger partial charge in [0, 0.05) is 44.4 Å². The van der Waals surface area contributed by atoms with Crippen LogP contribution in [-0.2, 0) is 19.5 Å². The number of rotatable bonds is 5. The van der Waals surface area contributed by atoms with Crippen molar-refractivity contribution in [2.45, 2.75) is 19.5 Å². The highest BCUT2D eigenvalue weighted by atomic mass is 19.1. The Labute approximate surface area is 162 Å². The third kappa shape index (κ3) is 3.89. The first kappa shape index (κ1) is 18.2. The molecule has 0 fully saturated rings. The minimum absolute atomic E-state index is 0.0941. The number of aromatic nitrogens is 1. The highest BCUT2D eigenvalue weighted by Gasteiger charge is 2.24. The summed E-state index contributed by atoms with van der Waals surface area (Å²) in [6.45, 7) is 2.22. The second kappa shape index (κ2) is 7.82. The number of benzene rings is 2. The van der Waals surface area contributed by atoms with Crippen LogP contribution in [0.25, 0.3) is 0 Å². The van der Waals surface area contributed by atoms with Crippen LogP contribution in [0.2, 0.25) is 0 Å². The Morgan fingerprint density at radius 2 is 2.11 bits per heavy atom. The second-order valence-electron chi connectivity index (χ2n) is 6.81. The van der Waals surface area contributed by atoms with E-state index in [9.17, 15) is 9.18 Å². The van der Waals surface area contributed by atoms with E-state index in [-0.39, 0.29) is 11.7 Å². The monoisotopic (exact) mass is 380 g/mol. The number of hydrogen-bond acceptors (Lipinski definition) is 5. The van der Waals surface area contributed by atoms with Crippen LogP contribution in [0.15, 0.2) is 53.1 Å². The smallest absolute Gasteiger partial charge is 0.251 e. The molecular formula is C21H21FN4O2. The van der Waals surface area contributed by atoms with E-state index in [0.717, 1.165) is 36.4 Å². The van der Waals surface area contributed by atoms with Gasteiger partial charge in [0.1, 0.15) is 11.6 Å². The number of amides is 1. The topological polar surface area (TPSA) is 70.4 Å². The van der Waals surface area contributed by atoms with Crippen molar-refractivity contribution in [2.75, 3.05) is 18.9 Å². The van der Waals surface area contributed by atoms with E-state index < -0.39 is 0 Å². The van der Waals surface area contributed by atoms with Gasteiger partial charge in [0.05, 0.1) is 5.56 Å². The maximum atomic E-state index is 13.4. The number of hydrogen-bond donors (Lipinski definition) is 2. The lowest BCUT2D eigenvalue weighted by molar-refractivity contribution is 0.0963. The number of carbonyl (C=O) groups excluding carboxylic acids is 1. The number of carbonyl (C=O) groups is 1. The first-order chi connectivity index (χ1) is 13.6. The lowest BCUT2D eigenvalue weighted by Gasteiger charge is -2.26. The summed E-state index contributed by atoms with van der Waals surface area (Å²) in [5.74, 6) is 1.07. The van der Waals surface area contributed by atoms with E-state index in [1.165, 1.54) is 12.1 Å². The second-order valence-corrected chi connectivity index (χ2v) is 6.81. The molecule has 28 heavy (non-hydrogen) atoms. The lowest BCUT2D eigenvalue weighted by atomic mass is 10.1. The maximum Gasteiger partial charge on any atom is 0.251 e. The van der Waals surface area contributed by atoms with Gasteiger partial charge in [-0.25, -0.2) is 4.39 Å². The fraction of sp³-hybridized carbons (Fsp3) is 0.238. The van der Waals surface area contributed by atoms with Crippen molar-refractivity contribution in [2.24, 2.45) is 0 Å². The number of anilines is 2. The molecule has 0 radical (unpaired) electrons. The van der Waals surface area contributed by atoms with Crippen molar-refractivity contribution in [3.8, 4) is 0 Å². The Kier molecular flexibility index (Phi) is 5.08. The van der Waals surface area contributed by atoms with Crippen molar-refractivity contribution in [3.05, 3.63) is 76.8 Å². The predicted molar refractivity (Wildman–Crippen MR) is 104 cm³/mol. The van der Waals surface area contributed by atoms with E-state index in [1.54, 1.807) is 25.2 Å². The molecule has 0 saturated heterocycles. The van der Waals surface area contributed by atoms with Crippen LogP contribution >= 0.6 is 0 Å². The molecule has 1 aliphatic rings. The largest absolute Gasteiger partial charge is 0.359 e. The van der Waals surface area contributed by atoms with Gasteiger partial charge in [-0.05, 0) is 35.9 Å². The van der Waals surface area contributed by atoms with Crippen molar-refractivity contribution in [3.63, 3.8) is 0 Å². The van der Waals surface area contributed by atoms with E-state index >= 15 is 0 Å². The van der Waals surface area contributed by atoms with Crippen molar-refractivity contribution in [1.82, 2.24) is 15.4 Å². The van der Waals surface area contributed by atoms with Gasteiger partial charge in [-0.2, -0.15) is 0 Å². The molecule has 1 amide bonds. The van der Waals surface area contributed by atoms with E-state index in [2.05, 4.69) is 20.7 Å². The number of nitrogens with one attached hydrogen (secondary N) is 2. The third-order valence-electron chi connectivity index (χ3n) is 4.82. The summed E-state index contributed by atoms with van der Waals surface area (Å²) in [7, 11) is 1.63. The van der Waals surface area contributed by atoms with Gasteiger partial charge < -0.3 is 15.2 Å². The van der Waals surface area contributed by atoms with Crippen LogP contribution < -0.4 is 10.6 Å². The molecule has 0 atom stereocenters. The molecule has 0 saturated carbocycles. The number of halogens is 1. The zero-order chi connectivity index (χ0) is 19.5. The van der Waals surface area contributed by atoms with Crippen molar-refractivity contribution in [1.29, 1.82) is 0 Å². The molecule has 6 nitrogen and oxygen atoms in total. The molecule has 0 unspecified atom stereocenters. The molecule has 0 aliphatic carbocycles. The van der Waals surface area contributed by atoms with E-state index in [1.807, 2.05) is 18.2 Å². The first-order valence-corrected chi connectivity index (χ1v) is 9.16. The zero-order valence-corrected chi connectivity index (χ0v) is 15.5. The van der Waals surface area contributed by atoms with Crippen molar-refractivity contribution < 1.29 is 13.7 Å². The van der Waals surface area contributed by atoms with Crippen LogP contribution in [-0.4, -0.2) is 29.6 Å². The summed E-state index contributed by atoms with van der Waals surface area (Å²) < 4.78 is 18.9. The van der Waals surface area contributed by atoms with Crippen LogP contribution in [0.3, 0.4) is 0 Å². The summed E-state index contributed by atoms with van der Waals surface area (Å²) in [4.78, 5) is 14.1. The molecule has 1 aromatic heterocycles. The average Bonchev–Trinajstić information content (AvgIpc) is 3.10. The Bertz CT molecular complexity index is 1000. The van der Waals surface area contributed by atoms with Crippen molar-refractivity contribution >= 4 is 17.4 Å². The first-order valence-electron chi connectivity index (χ1n) is 9.16. The van der Waals surface area contributed by atoms with Gasteiger partial charge in [0.25, 0.3) is 5.91 Å². The minimum atomic E-state index is -0.306. The Morgan fingerprint density at radius 3 is 2.93 bits per heavy atom.